The molecule has 1 aromatic carbocycles. The molecule has 0 aliphatic heterocycles. The van der Waals surface area contributed by atoms with Crippen LogP contribution in [0.15, 0.2) is 18.2 Å². The van der Waals surface area contributed by atoms with Crippen LogP contribution < -0.4 is 14.8 Å². The first-order valence-electron chi connectivity index (χ1n) is 7.68. The van der Waals surface area contributed by atoms with Crippen LogP contribution in [0.1, 0.15) is 51.1 Å². The molecule has 0 amide bonds. The molecule has 1 aliphatic rings. The van der Waals surface area contributed by atoms with E-state index in [9.17, 15) is 0 Å². The predicted molar refractivity (Wildman–Crippen MR) is 82.5 cm³/mol. The maximum absolute atomic E-state index is 6.34. The van der Waals surface area contributed by atoms with Crippen molar-refractivity contribution in [2.24, 2.45) is 5.92 Å². The van der Waals surface area contributed by atoms with Gasteiger partial charge in [0.1, 0.15) is 17.6 Å². The van der Waals surface area contributed by atoms with Gasteiger partial charge in [0.15, 0.2) is 0 Å². The summed E-state index contributed by atoms with van der Waals surface area (Å²) in [7, 11) is 3.68. The first-order chi connectivity index (χ1) is 9.67. The minimum Gasteiger partial charge on any atom is -0.496 e. The number of methoxy groups -OCH3 is 1. The Kier molecular flexibility index (Phi) is 5.30. The third kappa shape index (κ3) is 3.26. The SMILES string of the molecule is CNC(C)c1c(OC)cccc1OC1CCCCC1C. The highest BCUT2D eigenvalue weighted by atomic mass is 16.5. The summed E-state index contributed by atoms with van der Waals surface area (Å²) >= 11 is 0. The van der Waals surface area contributed by atoms with Gasteiger partial charge in [0, 0.05) is 6.04 Å². The molecule has 0 bridgehead atoms. The van der Waals surface area contributed by atoms with E-state index in [1.165, 1.54) is 19.3 Å². The van der Waals surface area contributed by atoms with Gasteiger partial charge in [-0.3, -0.25) is 0 Å². The molecule has 0 saturated heterocycles. The fourth-order valence-electron chi connectivity index (χ4n) is 3.00. The Bertz CT molecular complexity index is 433. The predicted octanol–water partition coefficient (Wildman–Crippen LogP) is 3.93. The van der Waals surface area contributed by atoms with Crippen LogP contribution in [0, 0.1) is 5.92 Å². The Labute approximate surface area is 122 Å². The van der Waals surface area contributed by atoms with E-state index in [4.69, 9.17) is 9.47 Å². The van der Waals surface area contributed by atoms with E-state index in [0.29, 0.717) is 12.0 Å². The summed E-state index contributed by atoms with van der Waals surface area (Å²) in [6, 6.07) is 6.28. The van der Waals surface area contributed by atoms with Gasteiger partial charge in [0.2, 0.25) is 0 Å². The first-order valence-corrected chi connectivity index (χ1v) is 7.68. The summed E-state index contributed by atoms with van der Waals surface area (Å²) in [6.45, 7) is 4.43. The van der Waals surface area contributed by atoms with Gasteiger partial charge >= 0.3 is 0 Å². The van der Waals surface area contributed by atoms with E-state index in [-0.39, 0.29) is 6.04 Å². The fraction of sp³-hybridized carbons (Fsp3) is 0.647. The molecule has 2 rings (SSSR count). The molecular weight excluding hydrogens is 250 g/mol. The Hall–Kier alpha value is -1.22. The lowest BCUT2D eigenvalue weighted by Crippen LogP contribution is -2.29. The number of ether oxygens (including phenoxy) is 2. The smallest absolute Gasteiger partial charge is 0.128 e. The molecule has 1 aliphatic carbocycles. The molecule has 1 saturated carbocycles. The summed E-state index contributed by atoms with van der Waals surface area (Å²) in [6.07, 6.45) is 5.37. The molecule has 1 fully saturated rings. The highest BCUT2D eigenvalue weighted by molar-refractivity contribution is 5.46. The summed E-state index contributed by atoms with van der Waals surface area (Å²) in [4.78, 5) is 0. The molecule has 20 heavy (non-hydrogen) atoms. The second kappa shape index (κ2) is 6.98. The van der Waals surface area contributed by atoms with Crippen LogP contribution in [0.3, 0.4) is 0 Å². The van der Waals surface area contributed by atoms with Crippen LogP contribution in [-0.4, -0.2) is 20.3 Å². The highest BCUT2D eigenvalue weighted by Gasteiger charge is 2.25. The van der Waals surface area contributed by atoms with Crippen molar-refractivity contribution >= 4 is 0 Å². The number of nitrogens with one attached hydrogen (secondary N) is 1. The number of benzene rings is 1. The molecule has 0 spiro atoms. The van der Waals surface area contributed by atoms with Crippen LogP contribution in [0.5, 0.6) is 11.5 Å². The van der Waals surface area contributed by atoms with Crippen LogP contribution in [0.25, 0.3) is 0 Å². The maximum Gasteiger partial charge on any atom is 0.128 e. The summed E-state index contributed by atoms with van der Waals surface area (Å²) in [5, 5.41) is 3.28. The Morgan fingerprint density at radius 1 is 1.20 bits per heavy atom. The lowest BCUT2D eigenvalue weighted by Gasteiger charge is -2.31. The quantitative estimate of drug-likeness (QED) is 0.884. The van der Waals surface area contributed by atoms with Crippen molar-refractivity contribution in [2.75, 3.05) is 14.2 Å². The molecule has 3 nitrogen and oxygen atoms in total. The fourth-order valence-corrected chi connectivity index (χ4v) is 3.00. The zero-order chi connectivity index (χ0) is 14.5. The van der Waals surface area contributed by atoms with Gasteiger partial charge in [-0.2, -0.15) is 0 Å². The molecule has 1 N–H and O–H groups in total. The lowest BCUT2D eigenvalue weighted by atomic mass is 9.88. The van der Waals surface area contributed by atoms with E-state index < -0.39 is 0 Å². The Morgan fingerprint density at radius 3 is 2.55 bits per heavy atom. The van der Waals surface area contributed by atoms with Crippen molar-refractivity contribution in [3.8, 4) is 11.5 Å². The molecule has 3 heteroatoms. The lowest BCUT2D eigenvalue weighted by molar-refractivity contribution is 0.100. The van der Waals surface area contributed by atoms with E-state index in [0.717, 1.165) is 23.5 Å². The topological polar surface area (TPSA) is 30.5 Å². The monoisotopic (exact) mass is 277 g/mol. The standard InChI is InChI=1S/C17H27NO2/c1-12-8-5-6-9-14(12)20-16-11-7-10-15(19-4)17(16)13(2)18-3/h7,10-14,18H,5-6,8-9H2,1-4H3. The maximum atomic E-state index is 6.34. The number of rotatable bonds is 5. The van der Waals surface area contributed by atoms with Crippen molar-refractivity contribution in [1.82, 2.24) is 5.32 Å². The van der Waals surface area contributed by atoms with Crippen LogP contribution in [0.4, 0.5) is 0 Å². The Morgan fingerprint density at radius 2 is 1.90 bits per heavy atom. The van der Waals surface area contributed by atoms with Crippen LogP contribution in [0.2, 0.25) is 0 Å². The van der Waals surface area contributed by atoms with Gasteiger partial charge in [-0.25, -0.2) is 0 Å². The second-order valence-corrected chi connectivity index (χ2v) is 5.80. The third-order valence-electron chi connectivity index (χ3n) is 4.42. The minimum atomic E-state index is 0.208. The molecule has 0 aromatic heterocycles. The molecule has 0 heterocycles. The van der Waals surface area contributed by atoms with E-state index in [2.05, 4.69) is 25.2 Å². The van der Waals surface area contributed by atoms with Crippen molar-refractivity contribution in [2.45, 2.75) is 51.7 Å². The average molecular weight is 277 g/mol. The largest absolute Gasteiger partial charge is 0.496 e. The van der Waals surface area contributed by atoms with E-state index >= 15 is 0 Å². The second-order valence-electron chi connectivity index (χ2n) is 5.80. The van der Waals surface area contributed by atoms with Crippen molar-refractivity contribution in [3.05, 3.63) is 23.8 Å². The summed E-state index contributed by atoms with van der Waals surface area (Å²) in [5.74, 6) is 2.49. The highest BCUT2D eigenvalue weighted by Crippen LogP contribution is 2.36. The van der Waals surface area contributed by atoms with Gasteiger partial charge in [-0.1, -0.05) is 19.4 Å². The number of hydrogen-bond acceptors (Lipinski definition) is 3. The minimum absolute atomic E-state index is 0.208. The summed E-state index contributed by atoms with van der Waals surface area (Å²) < 4.78 is 11.8. The molecular formula is C17H27NO2. The molecule has 112 valence electrons. The van der Waals surface area contributed by atoms with Gasteiger partial charge in [-0.15, -0.1) is 0 Å². The molecule has 3 atom stereocenters. The molecule has 3 unspecified atom stereocenters. The van der Waals surface area contributed by atoms with E-state index in [1.807, 2.05) is 19.2 Å². The average Bonchev–Trinajstić information content (AvgIpc) is 2.48. The molecule has 0 radical (unpaired) electrons. The van der Waals surface area contributed by atoms with Crippen LogP contribution in [-0.2, 0) is 0 Å². The van der Waals surface area contributed by atoms with Crippen LogP contribution >= 0.6 is 0 Å². The van der Waals surface area contributed by atoms with Gasteiger partial charge < -0.3 is 14.8 Å². The third-order valence-corrected chi connectivity index (χ3v) is 4.42. The zero-order valence-electron chi connectivity index (χ0n) is 13.1. The van der Waals surface area contributed by atoms with Gasteiger partial charge in [0.25, 0.3) is 0 Å². The van der Waals surface area contributed by atoms with Crippen molar-refractivity contribution in [1.29, 1.82) is 0 Å². The van der Waals surface area contributed by atoms with Crippen molar-refractivity contribution < 1.29 is 9.47 Å². The normalized spacial score (nSPS) is 24.2. The first kappa shape index (κ1) is 15.2. The van der Waals surface area contributed by atoms with Gasteiger partial charge in [-0.05, 0) is 51.3 Å². The van der Waals surface area contributed by atoms with Gasteiger partial charge in [0.05, 0.1) is 12.7 Å². The number of hydrogen-bond donors (Lipinski definition) is 1. The molecule has 1 aromatic rings. The Balaban J connectivity index is 2.25. The summed E-state index contributed by atoms with van der Waals surface area (Å²) in [5.41, 5.74) is 1.12. The zero-order valence-corrected chi connectivity index (χ0v) is 13.1. The van der Waals surface area contributed by atoms with E-state index in [1.54, 1.807) is 7.11 Å². The van der Waals surface area contributed by atoms with Crippen molar-refractivity contribution in [3.63, 3.8) is 0 Å².